The molecule has 7 nitrogen and oxygen atoms in total. The Morgan fingerprint density at radius 1 is 1.37 bits per heavy atom. The molecule has 1 saturated heterocycles. The molecule has 0 bridgehead atoms. The molecule has 4 N–H and O–H groups in total. The van der Waals surface area contributed by atoms with Crippen molar-refractivity contribution in [1.82, 2.24) is 15.0 Å². The van der Waals surface area contributed by atoms with Crippen molar-refractivity contribution in [3.8, 4) is 6.01 Å². The number of anilines is 2. The lowest BCUT2D eigenvalue weighted by molar-refractivity contribution is 0.222. The van der Waals surface area contributed by atoms with Gasteiger partial charge in [0.15, 0.2) is 0 Å². The maximum atomic E-state index is 5.47. The molecule has 1 aromatic rings. The van der Waals surface area contributed by atoms with Crippen molar-refractivity contribution >= 4 is 23.7 Å². The maximum Gasteiger partial charge on any atom is 0.323 e. The molecule has 1 fully saturated rings. The summed E-state index contributed by atoms with van der Waals surface area (Å²) in [5.74, 6) is 9.24. The second-order valence-corrected chi connectivity index (χ2v) is 5.84. The number of nitrogens with two attached hydrogens (primary N) is 1. The monoisotopic (exact) mass is 284 g/mol. The Morgan fingerprint density at radius 3 is 2.79 bits per heavy atom. The van der Waals surface area contributed by atoms with Crippen molar-refractivity contribution in [2.45, 2.75) is 26.4 Å². The molecule has 1 aliphatic heterocycles. The van der Waals surface area contributed by atoms with Crippen LogP contribution in [0.25, 0.3) is 0 Å². The molecular formula is C11H20N6OS. The number of aromatic nitrogens is 3. The van der Waals surface area contributed by atoms with Crippen LogP contribution in [0, 0.1) is 5.92 Å². The first kappa shape index (κ1) is 14.1. The molecule has 0 amide bonds. The molecule has 1 unspecified atom stereocenters. The summed E-state index contributed by atoms with van der Waals surface area (Å²) < 4.78 is 5.47. The third-order valence-corrected chi connectivity index (χ3v) is 3.89. The summed E-state index contributed by atoms with van der Waals surface area (Å²) in [4.78, 5) is 12.4. The third-order valence-electron chi connectivity index (χ3n) is 2.66. The summed E-state index contributed by atoms with van der Waals surface area (Å²) in [5.41, 5.74) is 2.42. The molecule has 1 aliphatic rings. The van der Waals surface area contributed by atoms with E-state index in [9.17, 15) is 0 Å². The van der Waals surface area contributed by atoms with Gasteiger partial charge >= 0.3 is 6.01 Å². The fourth-order valence-corrected chi connectivity index (χ4v) is 3.03. The number of rotatable bonds is 6. The van der Waals surface area contributed by atoms with Gasteiger partial charge in [-0.15, -0.1) is 0 Å². The van der Waals surface area contributed by atoms with E-state index in [-0.39, 0.29) is 12.1 Å². The van der Waals surface area contributed by atoms with E-state index < -0.39 is 0 Å². The minimum Gasteiger partial charge on any atom is -0.461 e. The number of nitrogens with one attached hydrogen (secondary N) is 2. The van der Waals surface area contributed by atoms with Crippen LogP contribution < -0.4 is 21.3 Å². The topological polar surface area (TPSA) is 98.0 Å². The zero-order chi connectivity index (χ0) is 13.7. The van der Waals surface area contributed by atoms with E-state index in [1.807, 2.05) is 25.6 Å². The van der Waals surface area contributed by atoms with Crippen molar-refractivity contribution in [3.63, 3.8) is 0 Å². The number of nitrogen functional groups attached to an aromatic ring is 1. The van der Waals surface area contributed by atoms with E-state index in [4.69, 9.17) is 10.6 Å². The predicted octanol–water partition coefficient (Wildman–Crippen LogP) is 1.11. The van der Waals surface area contributed by atoms with Crippen LogP contribution in [0.2, 0.25) is 0 Å². The zero-order valence-electron chi connectivity index (χ0n) is 11.2. The Morgan fingerprint density at radius 2 is 2.16 bits per heavy atom. The van der Waals surface area contributed by atoms with Crippen LogP contribution >= 0.6 is 11.8 Å². The van der Waals surface area contributed by atoms with E-state index in [0.29, 0.717) is 17.8 Å². The highest BCUT2D eigenvalue weighted by atomic mass is 32.2. The SMILES string of the molecule is CC(C)Oc1nc(NN)nc(NCC2CCSC2)n1. The Kier molecular flexibility index (Phi) is 5.03. The summed E-state index contributed by atoms with van der Waals surface area (Å²) in [6.07, 6.45) is 1.24. The normalized spacial score (nSPS) is 18.6. The minimum atomic E-state index is 0.00658. The first-order chi connectivity index (χ1) is 9.17. The zero-order valence-corrected chi connectivity index (χ0v) is 12.0. The number of hydrogen-bond acceptors (Lipinski definition) is 8. The average Bonchev–Trinajstić information content (AvgIpc) is 2.88. The number of hydrazine groups is 1. The van der Waals surface area contributed by atoms with Crippen molar-refractivity contribution in [2.75, 3.05) is 28.8 Å². The fraction of sp³-hybridized carbons (Fsp3) is 0.727. The number of thioether (sulfide) groups is 1. The highest BCUT2D eigenvalue weighted by Gasteiger charge is 2.16. The van der Waals surface area contributed by atoms with E-state index in [1.54, 1.807) is 0 Å². The number of hydrogen-bond donors (Lipinski definition) is 3. The molecule has 2 heterocycles. The van der Waals surface area contributed by atoms with Gasteiger partial charge in [0.05, 0.1) is 6.10 Å². The molecule has 106 valence electrons. The smallest absolute Gasteiger partial charge is 0.323 e. The standard InChI is InChI=1S/C11H20N6OS/c1-7(2)18-11-15-9(14-10(16-11)17-12)13-5-8-3-4-19-6-8/h7-8H,3-6,12H2,1-2H3,(H2,13,14,15,16,17). The molecule has 2 rings (SSSR count). The van der Waals surface area contributed by atoms with Crippen LogP contribution in [0.15, 0.2) is 0 Å². The van der Waals surface area contributed by atoms with Crippen molar-refractivity contribution in [2.24, 2.45) is 11.8 Å². The lowest BCUT2D eigenvalue weighted by atomic mass is 10.1. The van der Waals surface area contributed by atoms with Crippen molar-refractivity contribution in [3.05, 3.63) is 0 Å². The van der Waals surface area contributed by atoms with Crippen LogP contribution in [0.1, 0.15) is 20.3 Å². The van der Waals surface area contributed by atoms with E-state index in [1.165, 1.54) is 17.9 Å². The first-order valence-corrected chi connectivity index (χ1v) is 7.54. The minimum absolute atomic E-state index is 0.00658. The molecule has 0 radical (unpaired) electrons. The first-order valence-electron chi connectivity index (χ1n) is 6.38. The summed E-state index contributed by atoms with van der Waals surface area (Å²) in [6, 6.07) is 0.279. The Labute approximate surface area is 117 Å². The van der Waals surface area contributed by atoms with Crippen LogP contribution in [0.4, 0.5) is 11.9 Å². The van der Waals surface area contributed by atoms with Crippen molar-refractivity contribution < 1.29 is 4.74 Å². The van der Waals surface area contributed by atoms with Gasteiger partial charge in [-0.3, -0.25) is 5.43 Å². The number of ether oxygens (including phenoxy) is 1. The van der Waals surface area contributed by atoms with Crippen LogP contribution in [0.5, 0.6) is 6.01 Å². The van der Waals surface area contributed by atoms with E-state index in [0.717, 1.165) is 6.54 Å². The average molecular weight is 284 g/mol. The highest BCUT2D eigenvalue weighted by Crippen LogP contribution is 2.23. The maximum absolute atomic E-state index is 5.47. The largest absolute Gasteiger partial charge is 0.461 e. The van der Waals surface area contributed by atoms with Gasteiger partial charge in [-0.25, -0.2) is 5.84 Å². The third kappa shape index (κ3) is 4.39. The van der Waals surface area contributed by atoms with Gasteiger partial charge in [0.1, 0.15) is 0 Å². The van der Waals surface area contributed by atoms with Gasteiger partial charge in [0.25, 0.3) is 0 Å². The Hall–Kier alpha value is -1.28. The van der Waals surface area contributed by atoms with Gasteiger partial charge in [0.2, 0.25) is 11.9 Å². The number of nitrogens with zero attached hydrogens (tertiary/aromatic N) is 3. The molecule has 0 spiro atoms. The molecule has 8 heteroatoms. The second-order valence-electron chi connectivity index (χ2n) is 4.69. The quantitative estimate of drug-likeness (QED) is 0.528. The summed E-state index contributed by atoms with van der Waals surface area (Å²) in [6.45, 7) is 4.70. The molecule has 0 aliphatic carbocycles. The molecule has 19 heavy (non-hydrogen) atoms. The molecule has 1 atom stereocenters. The Bertz CT molecular complexity index is 410. The predicted molar refractivity (Wildman–Crippen MR) is 77.3 cm³/mol. The summed E-state index contributed by atoms with van der Waals surface area (Å²) in [7, 11) is 0. The second kappa shape index (κ2) is 6.76. The molecule has 0 saturated carbocycles. The fourth-order valence-electron chi connectivity index (χ4n) is 1.74. The van der Waals surface area contributed by atoms with Gasteiger partial charge in [-0.1, -0.05) is 0 Å². The Balaban J connectivity index is 2.00. The summed E-state index contributed by atoms with van der Waals surface area (Å²) in [5, 5.41) is 3.22. The van der Waals surface area contributed by atoms with Crippen molar-refractivity contribution in [1.29, 1.82) is 0 Å². The lowest BCUT2D eigenvalue weighted by Gasteiger charge is -2.12. The van der Waals surface area contributed by atoms with E-state index in [2.05, 4.69) is 25.7 Å². The van der Waals surface area contributed by atoms with Gasteiger partial charge < -0.3 is 10.1 Å². The van der Waals surface area contributed by atoms with Gasteiger partial charge in [-0.05, 0) is 37.7 Å². The highest BCUT2D eigenvalue weighted by molar-refractivity contribution is 7.99. The molecule has 0 aromatic carbocycles. The van der Waals surface area contributed by atoms with Gasteiger partial charge in [0, 0.05) is 6.54 Å². The molecule has 1 aromatic heterocycles. The van der Waals surface area contributed by atoms with Crippen LogP contribution in [-0.2, 0) is 0 Å². The van der Waals surface area contributed by atoms with Crippen LogP contribution in [0.3, 0.4) is 0 Å². The van der Waals surface area contributed by atoms with Gasteiger partial charge in [-0.2, -0.15) is 26.7 Å². The lowest BCUT2D eigenvalue weighted by Crippen LogP contribution is -2.19. The summed E-state index contributed by atoms with van der Waals surface area (Å²) >= 11 is 1.99. The molecular weight excluding hydrogens is 264 g/mol. The van der Waals surface area contributed by atoms with E-state index >= 15 is 0 Å². The van der Waals surface area contributed by atoms with Crippen LogP contribution in [-0.4, -0.2) is 39.1 Å².